The van der Waals surface area contributed by atoms with Gasteiger partial charge in [-0.25, -0.2) is 4.39 Å². The summed E-state index contributed by atoms with van der Waals surface area (Å²) in [4.78, 5) is 6.68. The second kappa shape index (κ2) is 10.2. The van der Waals surface area contributed by atoms with Gasteiger partial charge in [-0.2, -0.15) is 0 Å². The molecule has 0 bridgehead atoms. The van der Waals surface area contributed by atoms with Crippen molar-refractivity contribution in [1.29, 1.82) is 0 Å². The first-order valence-corrected chi connectivity index (χ1v) is 8.38. The van der Waals surface area contributed by atoms with Gasteiger partial charge in [-0.05, 0) is 51.8 Å². The third-order valence-electron chi connectivity index (χ3n) is 3.78. The van der Waals surface area contributed by atoms with E-state index >= 15 is 0 Å². The fraction of sp³-hybridized carbons (Fsp3) is 0.611. The van der Waals surface area contributed by atoms with Gasteiger partial charge in [0.25, 0.3) is 0 Å². The van der Waals surface area contributed by atoms with Crippen molar-refractivity contribution in [3.8, 4) is 0 Å². The highest BCUT2D eigenvalue weighted by Crippen LogP contribution is 2.05. The lowest BCUT2D eigenvalue weighted by Gasteiger charge is -2.30. The Labute approximate surface area is 140 Å². The van der Waals surface area contributed by atoms with E-state index in [4.69, 9.17) is 0 Å². The van der Waals surface area contributed by atoms with Crippen LogP contribution in [0.15, 0.2) is 29.3 Å². The molecular formula is C18H31FN4. The van der Waals surface area contributed by atoms with Gasteiger partial charge < -0.3 is 10.6 Å². The van der Waals surface area contributed by atoms with Crippen LogP contribution < -0.4 is 10.6 Å². The molecule has 1 aromatic carbocycles. The second-order valence-corrected chi connectivity index (χ2v) is 6.26. The van der Waals surface area contributed by atoms with E-state index in [-0.39, 0.29) is 5.82 Å². The van der Waals surface area contributed by atoms with Gasteiger partial charge in [0.1, 0.15) is 5.82 Å². The lowest BCUT2D eigenvalue weighted by molar-refractivity contribution is 0.173. The maximum absolute atomic E-state index is 13.1. The molecule has 0 amide bonds. The van der Waals surface area contributed by atoms with Crippen LogP contribution in [0.25, 0.3) is 0 Å². The molecule has 2 N–H and O–H groups in total. The molecule has 0 fully saturated rings. The molecule has 0 aliphatic heterocycles. The van der Waals surface area contributed by atoms with Gasteiger partial charge in [-0.15, -0.1) is 0 Å². The van der Waals surface area contributed by atoms with Crippen molar-refractivity contribution < 1.29 is 4.39 Å². The van der Waals surface area contributed by atoms with Crippen LogP contribution in [0.5, 0.6) is 0 Å². The fourth-order valence-corrected chi connectivity index (χ4v) is 2.63. The first kappa shape index (κ1) is 19.4. The number of rotatable bonds is 8. The van der Waals surface area contributed by atoms with Crippen LogP contribution in [-0.4, -0.2) is 43.1 Å². The topological polar surface area (TPSA) is 39.7 Å². The Morgan fingerprint density at radius 3 is 2.43 bits per heavy atom. The number of benzene rings is 1. The molecule has 0 atom stereocenters. The number of halogens is 1. The van der Waals surface area contributed by atoms with Crippen LogP contribution >= 0.6 is 0 Å². The van der Waals surface area contributed by atoms with E-state index in [0.29, 0.717) is 18.6 Å². The molecular weight excluding hydrogens is 291 g/mol. The lowest BCUT2D eigenvalue weighted by Crippen LogP contribution is -2.41. The molecule has 0 aliphatic carbocycles. The Morgan fingerprint density at radius 2 is 1.87 bits per heavy atom. The summed E-state index contributed by atoms with van der Waals surface area (Å²) in [7, 11) is 1.75. The van der Waals surface area contributed by atoms with E-state index in [1.807, 2.05) is 6.07 Å². The zero-order valence-electron chi connectivity index (χ0n) is 15.1. The van der Waals surface area contributed by atoms with Crippen LogP contribution in [0.3, 0.4) is 0 Å². The average Bonchev–Trinajstić information content (AvgIpc) is 2.49. The number of hydrogen-bond donors (Lipinski definition) is 2. The predicted octanol–water partition coefficient (Wildman–Crippen LogP) is 3.00. The second-order valence-electron chi connectivity index (χ2n) is 6.26. The molecule has 0 radical (unpaired) electrons. The molecule has 0 aliphatic rings. The summed E-state index contributed by atoms with van der Waals surface area (Å²) >= 11 is 0. The minimum Gasteiger partial charge on any atom is -0.356 e. The molecule has 5 heteroatoms. The number of hydrogen-bond acceptors (Lipinski definition) is 2. The van der Waals surface area contributed by atoms with Gasteiger partial charge in [-0.1, -0.05) is 12.1 Å². The zero-order valence-corrected chi connectivity index (χ0v) is 15.1. The van der Waals surface area contributed by atoms with Gasteiger partial charge >= 0.3 is 0 Å². The van der Waals surface area contributed by atoms with Gasteiger partial charge in [0, 0.05) is 38.8 Å². The first-order chi connectivity index (χ1) is 10.9. The Bertz CT molecular complexity index is 478. The van der Waals surface area contributed by atoms with Gasteiger partial charge in [0.15, 0.2) is 5.96 Å². The van der Waals surface area contributed by atoms with Crippen LogP contribution in [0, 0.1) is 5.82 Å². The maximum atomic E-state index is 13.1. The quantitative estimate of drug-likeness (QED) is 0.439. The smallest absolute Gasteiger partial charge is 0.191 e. The van der Waals surface area contributed by atoms with Crippen molar-refractivity contribution in [2.75, 3.05) is 20.1 Å². The molecule has 0 saturated heterocycles. The van der Waals surface area contributed by atoms with E-state index < -0.39 is 0 Å². The minimum absolute atomic E-state index is 0.213. The van der Waals surface area contributed by atoms with E-state index in [1.165, 1.54) is 12.1 Å². The predicted molar refractivity (Wildman–Crippen MR) is 96.2 cm³/mol. The molecule has 4 nitrogen and oxygen atoms in total. The molecule has 0 aromatic heterocycles. The Kier molecular flexibility index (Phi) is 8.62. The van der Waals surface area contributed by atoms with E-state index in [0.717, 1.165) is 31.0 Å². The van der Waals surface area contributed by atoms with E-state index in [2.05, 4.69) is 48.2 Å². The van der Waals surface area contributed by atoms with Crippen molar-refractivity contribution in [3.63, 3.8) is 0 Å². The Hall–Kier alpha value is -1.62. The molecule has 1 aromatic rings. The number of guanidine groups is 1. The highest BCUT2D eigenvalue weighted by molar-refractivity contribution is 5.79. The SMILES string of the molecule is CN=C(NCCCN(C(C)C)C(C)C)NCc1cccc(F)c1. The molecule has 0 unspecified atom stereocenters. The van der Waals surface area contributed by atoms with Crippen molar-refractivity contribution in [2.45, 2.75) is 52.7 Å². The highest BCUT2D eigenvalue weighted by Gasteiger charge is 2.12. The van der Waals surface area contributed by atoms with Crippen LogP contribution in [0.2, 0.25) is 0 Å². The minimum atomic E-state index is -0.213. The number of nitrogens with zero attached hydrogens (tertiary/aromatic N) is 2. The fourth-order valence-electron chi connectivity index (χ4n) is 2.63. The Balaban J connectivity index is 2.32. The summed E-state index contributed by atoms with van der Waals surface area (Å²) < 4.78 is 13.1. The maximum Gasteiger partial charge on any atom is 0.191 e. The number of aliphatic imine (C=N–C) groups is 1. The normalized spacial score (nSPS) is 12.3. The van der Waals surface area contributed by atoms with Crippen LogP contribution in [0.4, 0.5) is 4.39 Å². The van der Waals surface area contributed by atoms with E-state index in [9.17, 15) is 4.39 Å². The van der Waals surface area contributed by atoms with Gasteiger partial charge in [-0.3, -0.25) is 9.89 Å². The summed E-state index contributed by atoms with van der Waals surface area (Å²) in [6, 6.07) is 7.71. The molecule has 130 valence electrons. The molecule has 0 saturated carbocycles. The largest absolute Gasteiger partial charge is 0.356 e. The van der Waals surface area contributed by atoms with Crippen molar-refractivity contribution in [2.24, 2.45) is 4.99 Å². The third kappa shape index (κ3) is 7.46. The van der Waals surface area contributed by atoms with Crippen molar-refractivity contribution in [1.82, 2.24) is 15.5 Å². The number of nitrogens with one attached hydrogen (secondary N) is 2. The van der Waals surface area contributed by atoms with E-state index in [1.54, 1.807) is 13.1 Å². The highest BCUT2D eigenvalue weighted by atomic mass is 19.1. The standard InChI is InChI=1S/C18H31FN4/c1-14(2)23(15(3)4)11-7-10-21-18(20-5)22-13-16-8-6-9-17(19)12-16/h6,8-9,12,14-15H,7,10-11,13H2,1-5H3,(H2,20,21,22). The summed E-state index contributed by atoms with van der Waals surface area (Å²) in [5.41, 5.74) is 0.902. The third-order valence-corrected chi connectivity index (χ3v) is 3.78. The van der Waals surface area contributed by atoms with Crippen molar-refractivity contribution in [3.05, 3.63) is 35.6 Å². The zero-order chi connectivity index (χ0) is 17.2. The van der Waals surface area contributed by atoms with Gasteiger partial charge in [0.2, 0.25) is 0 Å². The van der Waals surface area contributed by atoms with Gasteiger partial charge in [0.05, 0.1) is 0 Å². The summed E-state index contributed by atoms with van der Waals surface area (Å²) in [6.07, 6.45) is 1.05. The summed E-state index contributed by atoms with van der Waals surface area (Å²) in [6.45, 7) is 11.4. The molecule has 0 spiro atoms. The molecule has 23 heavy (non-hydrogen) atoms. The average molecular weight is 322 g/mol. The first-order valence-electron chi connectivity index (χ1n) is 8.38. The van der Waals surface area contributed by atoms with Crippen molar-refractivity contribution >= 4 is 5.96 Å². The Morgan fingerprint density at radius 1 is 1.17 bits per heavy atom. The monoisotopic (exact) mass is 322 g/mol. The van der Waals surface area contributed by atoms with Crippen LogP contribution in [0.1, 0.15) is 39.7 Å². The molecule has 0 heterocycles. The summed E-state index contributed by atoms with van der Waals surface area (Å²) in [5, 5.41) is 6.51. The lowest BCUT2D eigenvalue weighted by atomic mass is 10.2. The van der Waals surface area contributed by atoms with Crippen LogP contribution in [-0.2, 0) is 6.54 Å². The molecule has 1 rings (SSSR count). The summed E-state index contributed by atoms with van der Waals surface area (Å²) in [5.74, 6) is 0.532.